The fourth-order valence-electron chi connectivity index (χ4n) is 1.52. The van der Waals surface area contributed by atoms with Crippen LogP contribution < -0.4 is 5.32 Å². The van der Waals surface area contributed by atoms with Crippen LogP contribution in [0.4, 0.5) is 0 Å². The summed E-state index contributed by atoms with van der Waals surface area (Å²) in [6.45, 7) is 0.579. The Hall–Kier alpha value is -0.900. The van der Waals surface area contributed by atoms with Gasteiger partial charge in [-0.05, 0) is 12.0 Å². The highest BCUT2D eigenvalue weighted by atomic mass is 16.6. The average molecular weight is 179 g/mol. The summed E-state index contributed by atoms with van der Waals surface area (Å²) in [6.07, 6.45) is 0.117. The van der Waals surface area contributed by atoms with Crippen molar-refractivity contribution in [3.8, 4) is 0 Å². The molecule has 0 saturated carbocycles. The molecule has 2 N–H and O–H groups in total. The van der Waals surface area contributed by atoms with Gasteiger partial charge in [-0.2, -0.15) is 0 Å². The molecule has 1 aliphatic rings. The van der Waals surface area contributed by atoms with Crippen LogP contribution >= 0.6 is 0 Å². The van der Waals surface area contributed by atoms with Crippen molar-refractivity contribution in [2.45, 2.75) is 18.9 Å². The Morgan fingerprint density at radius 1 is 1.38 bits per heavy atom. The van der Waals surface area contributed by atoms with Gasteiger partial charge in [-0.25, -0.2) is 0 Å². The minimum absolute atomic E-state index is 0.234. The van der Waals surface area contributed by atoms with Gasteiger partial charge < -0.3 is 9.84 Å². The Labute approximate surface area is 77.3 Å². The molecule has 1 heterocycles. The van der Waals surface area contributed by atoms with Crippen LogP contribution in [0.5, 0.6) is 0 Å². The van der Waals surface area contributed by atoms with Gasteiger partial charge in [-0.3, -0.25) is 5.32 Å². The summed E-state index contributed by atoms with van der Waals surface area (Å²) < 4.78 is 4.98. The highest BCUT2D eigenvalue weighted by Gasteiger charge is 2.21. The van der Waals surface area contributed by atoms with E-state index in [4.69, 9.17) is 9.84 Å². The maximum Gasteiger partial charge on any atom is 0.213 e. The standard InChI is InChI=1S/C10H13NO2/c12-10-11-9(7-13-10)6-8-4-2-1-3-5-8/h1-5,9-12H,6-7H2/t9-,10?/m1/s1. The van der Waals surface area contributed by atoms with E-state index >= 15 is 0 Å². The molecule has 1 aromatic carbocycles. The number of hydrogen-bond acceptors (Lipinski definition) is 3. The monoisotopic (exact) mass is 179 g/mol. The zero-order chi connectivity index (χ0) is 9.10. The summed E-state index contributed by atoms with van der Waals surface area (Å²) in [5.41, 5.74) is 1.26. The lowest BCUT2D eigenvalue weighted by Crippen LogP contribution is -2.31. The lowest BCUT2D eigenvalue weighted by Gasteiger charge is -2.07. The molecule has 1 unspecified atom stereocenters. The van der Waals surface area contributed by atoms with E-state index in [9.17, 15) is 0 Å². The van der Waals surface area contributed by atoms with Crippen LogP contribution in [0.2, 0.25) is 0 Å². The molecule has 0 spiro atoms. The molecule has 70 valence electrons. The molecule has 1 fully saturated rings. The van der Waals surface area contributed by atoms with E-state index < -0.39 is 6.41 Å². The van der Waals surface area contributed by atoms with E-state index in [0.29, 0.717) is 6.61 Å². The molecule has 1 aromatic rings. The predicted molar refractivity (Wildman–Crippen MR) is 49.0 cm³/mol. The SMILES string of the molecule is OC1N[C@H](Cc2ccccc2)CO1. The van der Waals surface area contributed by atoms with Crippen LogP contribution in [0.3, 0.4) is 0 Å². The molecular formula is C10H13NO2. The first kappa shape index (κ1) is 8.69. The lowest BCUT2D eigenvalue weighted by molar-refractivity contribution is -0.0719. The zero-order valence-corrected chi connectivity index (χ0v) is 7.31. The maximum atomic E-state index is 9.04. The van der Waals surface area contributed by atoms with Crippen molar-refractivity contribution in [1.29, 1.82) is 0 Å². The number of aliphatic hydroxyl groups is 1. The molecule has 3 heteroatoms. The van der Waals surface area contributed by atoms with Crippen molar-refractivity contribution in [3.63, 3.8) is 0 Å². The van der Waals surface area contributed by atoms with Crippen molar-refractivity contribution in [2.24, 2.45) is 0 Å². The van der Waals surface area contributed by atoms with E-state index in [-0.39, 0.29) is 6.04 Å². The maximum absolute atomic E-state index is 9.04. The Morgan fingerprint density at radius 2 is 2.15 bits per heavy atom. The van der Waals surface area contributed by atoms with E-state index in [1.54, 1.807) is 0 Å². The lowest BCUT2D eigenvalue weighted by atomic mass is 10.1. The van der Waals surface area contributed by atoms with Crippen LogP contribution in [0, 0.1) is 0 Å². The van der Waals surface area contributed by atoms with Crippen molar-refractivity contribution >= 4 is 0 Å². The normalized spacial score (nSPS) is 27.8. The Morgan fingerprint density at radius 3 is 2.77 bits per heavy atom. The number of nitrogens with one attached hydrogen (secondary N) is 1. The van der Waals surface area contributed by atoms with Gasteiger partial charge in [0.05, 0.1) is 6.61 Å². The summed E-state index contributed by atoms with van der Waals surface area (Å²) in [5, 5.41) is 12.0. The summed E-state index contributed by atoms with van der Waals surface area (Å²) in [4.78, 5) is 0. The van der Waals surface area contributed by atoms with E-state index in [1.807, 2.05) is 18.2 Å². The molecule has 0 bridgehead atoms. The molecule has 2 atom stereocenters. The largest absolute Gasteiger partial charge is 0.356 e. The van der Waals surface area contributed by atoms with Gasteiger partial charge >= 0.3 is 0 Å². The zero-order valence-electron chi connectivity index (χ0n) is 7.31. The van der Waals surface area contributed by atoms with Crippen LogP contribution in [0.1, 0.15) is 5.56 Å². The van der Waals surface area contributed by atoms with Crippen LogP contribution in [0.15, 0.2) is 30.3 Å². The first-order valence-corrected chi connectivity index (χ1v) is 4.44. The van der Waals surface area contributed by atoms with Crippen LogP contribution in [0.25, 0.3) is 0 Å². The first-order chi connectivity index (χ1) is 6.34. The summed E-state index contributed by atoms with van der Waals surface area (Å²) in [6, 6.07) is 10.4. The van der Waals surface area contributed by atoms with Gasteiger partial charge in [0.15, 0.2) is 0 Å². The second-order valence-corrected chi connectivity index (χ2v) is 3.24. The number of hydrogen-bond donors (Lipinski definition) is 2. The molecule has 0 aliphatic carbocycles. The number of rotatable bonds is 2. The van der Waals surface area contributed by atoms with Gasteiger partial charge in [0.1, 0.15) is 0 Å². The first-order valence-electron chi connectivity index (χ1n) is 4.44. The fourth-order valence-corrected chi connectivity index (χ4v) is 1.52. The number of ether oxygens (including phenoxy) is 1. The van der Waals surface area contributed by atoms with Gasteiger partial charge in [0, 0.05) is 6.04 Å². The minimum Gasteiger partial charge on any atom is -0.356 e. The van der Waals surface area contributed by atoms with Gasteiger partial charge in [-0.15, -0.1) is 0 Å². The Balaban J connectivity index is 1.92. The quantitative estimate of drug-likeness (QED) is 0.694. The van der Waals surface area contributed by atoms with E-state index in [0.717, 1.165) is 6.42 Å². The van der Waals surface area contributed by atoms with Crippen molar-refractivity contribution < 1.29 is 9.84 Å². The molecule has 0 radical (unpaired) electrons. The van der Waals surface area contributed by atoms with Crippen molar-refractivity contribution in [2.75, 3.05) is 6.61 Å². The van der Waals surface area contributed by atoms with Crippen molar-refractivity contribution in [3.05, 3.63) is 35.9 Å². The van der Waals surface area contributed by atoms with Gasteiger partial charge in [-0.1, -0.05) is 30.3 Å². The smallest absolute Gasteiger partial charge is 0.213 e. The third kappa shape index (κ3) is 2.28. The third-order valence-corrected chi connectivity index (χ3v) is 2.16. The number of benzene rings is 1. The minimum atomic E-state index is -0.784. The highest BCUT2D eigenvalue weighted by Crippen LogP contribution is 2.08. The summed E-state index contributed by atoms with van der Waals surface area (Å²) in [7, 11) is 0. The Kier molecular flexibility index (Phi) is 2.59. The van der Waals surface area contributed by atoms with Crippen molar-refractivity contribution in [1.82, 2.24) is 5.32 Å². The van der Waals surface area contributed by atoms with Crippen LogP contribution in [-0.4, -0.2) is 24.2 Å². The predicted octanol–water partition coefficient (Wildman–Crippen LogP) is 0.493. The highest BCUT2D eigenvalue weighted by molar-refractivity contribution is 5.16. The average Bonchev–Trinajstić information content (AvgIpc) is 2.53. The summed E-state index contributed by atoms with van der Waals surface area (Å²) in [5.74, 6) is 0. The fraction of sp³-hybridized carbons (Fsp3) is 0.400. The molecule has 1 aliphatic heterocycles. The summed E-state index contributed by atoms with van der Waals surface area (Å²) >= 11 is 0. The third-order valence-electron chi connectivity index (χ3n) is 2.16. The van der Waals surface area contributed by atoms with Gasteiger partial charge in [0.25, 0.3) is 0 Å². The molecule has 1 saturated heterocycles. The number of aliphatic hydroxyl groups excluding tert-OH is 1. The van der Waals surface area contributed by atoms with E-state index in [1.165, 1.54) is 5.56 Å². The van der Waals surface area contributed by atoms with E-state index in [2.05, 4.69) is 17.4 Å². The molecule has 0 aromatic heterocycles. The second-order valence-electron chi connectivity index (χ2n) is 3.24. The molecular weight excluding hydrogens is 166 g/mol. The molecule has 0 amide bonds. The van der Waals surface area contributed by atoms with Gasteiger partial charge in [0.2, 0.25) is 6.41 Å². The second kappa shape index (κ2) is 3.87. The molecule has 13 heavy (non-hydrogen) atoms. The Bertz CT molecular complexity index is 263. The molecule has 3 nitrogen and oxygen atoms in total. The topological polar surface area (TPSA) is 41.5 Å². The van der Waals surface area contributed by atoms with Crippen LogP contribution in [-0.2, 0) is 11.2 Å². The molecule has 2 rings (SSSR count).